The number of carbonyl (C=O) groups is 1. The number of aliphatic hydroxyl groups excluding tert-OH is 1. The molecule has 0 aromatic carbocycles. The molecule has 0 radical (unpaired) electrons. The fourth-order valence-corrected chi connectivity index (χ4v) is 3.26. The number of carbonyl (C=O) groups excluding carboxylic acids is 1. The number of aromatic nitrogens is 2. The van der Waals surface area contributed by atoms with Crippen molar-refractivity contribution in [2.45, 2.75) is 32.0 Å². The van der Waals surface area contributed by atoms with Crippen LogP contribution in [0.4, 0.5) is 0 Å². The number of rotatable bonds is 4. The largest absolute Gasteiger partial charge is 0.390 e. The SMILES string of the molecule is Cc1ccc(C(=O)N[C@@H]2CCN(Cc3cscn3)C[C@H]2O)cn1. The Morgan fingerprint density at radius 2 is 2.35 bits per heavy atom. The minimum Gasteiger partial charge on any atom is -0.390 e. The average Bonchev–Trinajstić information content (AvgIpc) is 3.03. The molecule has 0 bridgehead atoms. The Morgan fingerprint density at radius 3 is 3.00 bits per heavy atom. The second-order valence-corrected chi connectivity index (χ2v) is 6.56. The topological polar surface area (TPSA) is 78.4 Å². The molecule has 0 aliphatic carbocycles. The predicted molar refractivity (Wildman–Crippen MR) is 88.2 cm³/mol. The molecule has 7 heteroatoms. The Hall–Kier alpha value is -1.83. The lowest BCUT2D eigenvalue weighted by Gasteiger charge is -2.35. The second kappa shape index (κ2) is 7.16. The van der Waals surface area contributed by atoms with Crippen molar-refractivity contribution in [3.63, 3.8) is 0 Å². The van der Waals surface area contributed by atoms with E-state index in [4.69, 9.17) is 0 Å². The molecule has 122 valence electrons. The summed E-state index contributed by atoms with van der Waals surface area (Å²) >= 11 is 1.57. The van der Waals surface area contributed by atoms with Gasteiger partial charge in [0.2, 0.25) is 0 Å². The number of pyridine rings is 1. The first kappa shape index (κ1) is 16.0. The third-order valence-corrected chi connectivity index (χ3v) is 4.66. The van der Waals surface area contributed by atoms with Crippen LogP contribution in [0.2, 0.25) is 0 Å². The molecule has 3 rings (SSSR count). The van der Waals surface area contributed by atoms with E-state index in [1.54, 1.807) is 23.6 Å². The molecular formula is C16H20N4O2S. The Bertz CT molecular complexity index is 645. The van der Waals surface area contributed by atoms with Gasteiger partial charge in [0.05, 0.1) is 28.9 Å². The van der Waals surface area contributed by atoms with Gasteiger partial charge in [0.1, 0.15) is 0 Å². The van der Waals surface area contributed by atoms with Crippen LogP contribution in [0.5, 0.6) is 0 Å². The zero-order valence-electron chi connectivity index (χ0n) is 13.0. The number of amides is 1. The highest BCUT2D eigenvalue weighted by molar-refractivity contribution is 7.07. The van der Waals surface area contributed by atoms with Crippen molar-refractivity contribution >= 4 is 17.2 Å². The molecule has 6 nitrogen and oxygen atoms in total. The predicted octanol–water partition coefficient (Wildman–Crippen LogP) is 1.21. The maximum absolute atomic E-state index is 12.2. The third kappa shape index (κ3) is 4.13. The summed E-state index contributed by atoms with van der Waals surface area (Å²) in [6.45, 7) is 3.98. The van der Waals surface area contributed by atoms with E-state index in [0.717, 1.165) is 30.9 Å². The number of hydrogen-bond donors (Lipinski definition) is 2. The lowest BCUT2D eigenvalue weighted by molar-refractivity contribution is 0.0346. The van der Waals surface area contributed by atoms with Gasteiger partial charge in [0.25, 0.3) is 5.91 Å². The lowest BCUT2D eigenvalue weighted by atomic mass is 10.0. The lowest BCUT2D eigenvalue weighted by Crippen LogP contribution is -2.53. The number of thiazole rings is 1. The van der Waals surface area contributed by atoms with Crippen LogP contribution >= 0.6 is 11.3 Å². The number of nitrogens with zero attached hydrogens (tertiary/aromatic N) is 3. The standard InChI is InChI=1S/C16H20N4O2S/c1-11-2-3-12(6-17-11)16(22)19-14-4-5-20(8-15(14)21)7-13-9-23-10-18-13/h2-3,6,9-10,14-15,21H,4-5,7-8H2,1H3,(H,19,22)/t14-,15-/m1/s1. The van der Waals surface area contributed by atoms with Gasteiger partial charge < -0.3 is 10.4 Å². The van der Waals surface area contributed by atoms with Crippen molar-refractivity contribution in [2.24, 2.45) is 0 Å². The summed E-state index contributed by atoms with van der Waals surface area (Å²) in [5.41, 5.74) is 4.23. The maximum Gasteiger partial charge on any atom is 0.253 e. The van der Waals surface area contributed by atoms with Crippen LogP contribution in [0.15, 0.2) is 29.2 Å². The third-order valence-electron chi connectivity index (χ3n) is 4.03. The van der Waals surface area contributed by atoms with Gasteiger partial charge in [-0.2, -0.15) is 0 Å². The van der Waals surface area contributed by atoms with Gasteiger partial charge in [0.15, 0.2) is 0 Å². The number of hydrogen-bond acceptors (Lipinski definition) is 6. The summed E-state index contributed by atoms with van der Waals surface area (Å²) in [6, 6.07) is 3.33. The molecule has 3 heterocycles. The van der Waals surface area contributed by atoms with E-state index in [9.17, 15) is 9.90 Å². The smallest absolute Gasteiger partial charge is 0.253 e. The minimum absolute atomic E-state index is 0.186. The average molecular weight is 332 g/mol. The highest BCUT2D eigenvalue weighted by atomic mass is 32.1. The first-order valence-corrected chi connectivity index (χ1v) is 8.57. The molecule has 2 atom stereocenters. The fraction of sp³-hybridized carbons (Fsp3) is 0.438. The number of piperidine rings is 1. The Balaban J connectivity index is 1.54. The fourth-order valence-electron chi connectivity index (χ4n) is 2.71. The van der Waals surface area contributed by atoms with E-state index < -0.39 is 6.10 Å². The number of likely N-dealkylation sites (tertiary alicyclic amines) is 1. The number of aliphatic hydroxyl groups is 1. The van der Waals surface area contributed by atoms with Gasteiger partial charge in [0, 0.05) is 36.9 Å². The van der Waals surface area contributed by atoms with Crippen molar-refractivity contribution < 1.29 is 9.90 Å². The highest BCUT2D eigenvalue weighted by Crippen LogP contribution is 2.15. The number of aryl methyl sites for hydroxylation is 1. The van der Waals surface area contributed by atoms with E-state index in [2.05, 4.69) is 20.2 Å². The first-order chi connectivity index (χ1) is 11.1. The number of β-amino-alcohol motifs (C(OH)–C–C–N with tert-alkyl or cyclic N) is 1. The maximum atomic E-state index is 12.2. The van der Waals surface area contributed by atoms with Gasteiger partial charge >= 0.3 is 0 Å². The molecule has 1 aliphatic rings. The van der Waals surface area contributed by atoms with Gasteiger partial charge in [-0.1, -0.05) is 0 Å². The van der Waals surface area contributed by atoms with Crippen LogP contribution in [0, 0.1) is 6.92 Å². The quantitative estimate of drug-likeness (QED) is 0.880. The van der Waals surface area contributed by atoms with Gasteiger partial charge in [-0.15, -0.1) is 11.3 Å². The summed E-state index contributed by atoms with van der Waals surface area (Å²) in [4.78, 5) is 22.8. The Kier molecular flexibility index (Phi) is 5.00. The molecule has 0 unspecified atom stereocenters. The zero-order valence-corrected chi connectivity index (χ0v) is 13.8. The minimum atomic E-state index is -0.579. The van der Waals surface area contributed by atoms with Gasteiger partial charge in [-0.25, -0.2) is 4.98 Å². The van der Waals surface area contributed by atoms with E-state index in [1.807, 2.05) is 23.9 Å². The van der Waals surface area contributed by atoms with Crippen LogP contribution in [-0.2, 0) is 6.54 Å². The van der Waals surface area contributed by atoms with Gasteiger partial charge in [-0.05, 0) is 25.5 Å². The molecule has 1 saturated heterocycles. The van der Waals surface area contributed by atoms with Crippen LogP contribution in [0.25, 0.3) is 0 Å². The second-order valence-electron chi connectivity index (χ2n) is 5.84. The summed E-state index contributed by atoms with van der Waals surface area (Å²) in [5, 5.41) is 15.3. The van der Waals surface area contributed by atoms with Crippen LogP contribution in [0.1, 0.15) is 28.2 Å². The molecule has 2 N–H and O–H groups in total. The summed E-state index contributed by atoms with van der Waals surface area (Å²) in [7, 11) is 0. The molecule has 1 aliphatic heterocycles. The van der Waals surface area contributed by atoms with Crippen molar-refractivity contribution in [3.05, 3.63) is 46.2 Å². The summed E-state index contributed by atoms with van der Waals surface area (Å²) < 4.78 is 0. The van der Waals surface area contributed by atoms with Crippen LogP contribution < -0.4 is 5.32 Å². The van der Waals surface area contributed by atoms with E-state index in [1.165, 1.54) is 0 Å². The van der Waals surface area contributed by atoms with Crippen molar-refractivity contribution in [1.29, 1.82) is 0 Å². The summed E-state index contributed by atoms with van der Waals surface area (Å²) in [6.07, 6.45) is 1.70. The molecule has 2 aromatic rings. The first-order valence-electron chi connectivity index (χ1n) is 7.63. The molecule has 1 amide bonds. The molecule has 1 fully saturated rings. The van der Waals surface area contributed by atoms with E-state index in [0.29, 0.717) is 12.1 Å². The van der Waals surface area contributed by atoms with Crippen molar-refractivity contribution in [3.8, 4) is 0 Å². The Labute approximate surface area is 139 Å². The van der Waals surface area contributed by atoms with Crippen LogP contribution in [0.3, 0.4) is 0 Å². The Morgan fingerprint density at radius 1 is 1.48 bits per heavy atom. The normalized spacial score (nSPS) is 22.0. The highest BCUT2D eigenvalue weighted by Gasteiger charge is 2.29. The molecule has 2 aromatic heterocycles. The molecule has 0 saturated carbocycles. The van der Waals surface area contributed by atoms with Gasteiger partial charge in [-0.3, -0.25) is 14.7 Å². The van der Waals surface area contributed by atoms with Crippen molar-refractivity contribution in [2.75, 3.05) is 13.1 Å². The number of nitrogens with one attached hydrogen (secondary N) is 1. The molecular weight excluding hydrogens is 312 g/mol. The monoisotopic (exact) mass is 332 g/mol. The van der Waals surface area contributed by atoms with E-state index in [-0.39, 0.29) is 11.9 Å². The summed E-state index contributed by atoms with van der Waals surface area (Å²) in [5.74, 6) is -0.186. The van der Waals surface area contributed by atoms with Crippen LogP contribution in [-0.4, -0.2) is 51.1 Å². The van der Waals surface area contributed by atoms with E-state index >= 15 is 0 Å². The zero-order chi connectivity index (χ0) is 16.2. The molecule has 0 spiro atoms. The van der Waals surface area contributed by atoms with Crippen molar-refractivity contribution in [1.82, 2.24) is 20.2 Å². The molecule has 23 heavy (non-hydrogen) atoms.